The van der Waals surface area contributed by atoms with E-state index in [9.17, 15) is 0 Å². The van der Waals surface area contributed by atoms with Gasteiger partial charge in [-0.25, -0.2) is 0 Å². The molecule has 0 aliphatic carbocycles. The SMILES string of the molecule is ClC(Br)=C(Cl)Br. The van der Waals surface area contributed by atoms with E-state index in [4.69, 9.17) is 23.2 Å². The van der Waals surface area contributed by atoms with Crippen molar-refractivity contribution in [3.63, 3.8) is 0 Å². The Hall–Kier alpha value is 1.28. The van der Waals surface area contributed by atoms with Gasteiger partial charge in [-0.15, -0.1) is 0 Å². The minimum Gasteiger partial charge on any atom is -0.0739 e. The molecule has 0 bridgehead atoms. The second-order valence-electron chi connectivity index (χ2n) is 0.521. The molecule has 0 fully saturated rings. The van der Waals surface area contributed by atoms with Gasteiger partial charge in [0.15, 0.2) is 0 Å². The maximum absolute atomic E-state index is 5.23. The zero-order chi connectivity index (χ0) is 5.15. The quantitative estimate of drug-likeness (QED) is 0.622. The largest absolute Gasteiger partial charge is 0.109 e. The first kappa shape index (κ1) is 7.28. The third-order valence-corrected chi connectivity index (χ3v) is 2.40. The van der Waals surface area contributed by atoms with Crippen LogP contribution in [0.3, 0.4) is 0 Å². The maximum atomic E-state index is 5.23. The van der Waals surface area contributed by atoms with Crippen LogP contribution in [-0.4, -0.2) is 0 Å². The molecule has 0 aromatic heterocycles. The van der Waals surface area contributed by atoms with Crippen molar-refractivity contribution in [2.45, 2.75) is 0 Å². The van der Waals surface area contributed by atoms with Crippen LogP contribution < -0.4 is 0 Å². The van der Waals surface area contributed by atoms with Gasteiger partial charge in [-0.1, -0.05) is 23.2 Å². The van der Waals surface area contributed by atoms with Crippen LogP contribution in [0.25, 0.3) is 0 Å². The number of hydrogen-bond donors (Lipinski definition) is 0. The van der Waals surface area contributed by atoms with Gasteiger partial charge >= 0.3 is 0 Å². The predicted octanol–water partition coefficient (Wildman–Crippen LogP) is 3.38. The molecule has 0 unspecified atom stereocenters. The first-order valence-corrected chi connectivity index (χ1v) is 3.35. The van der Waals surface area contributed by atoms with Gasteiger partial charge in [0, 0.05) is 0 Å². The molecule has 36 valence electrons. The maximum Gasteiger partial charge on any atom is 0.109 e. The van der Waals surface area contributed by atoms with Crippen molar-refractivity contribution >= 4 is 55.1 Å². The number of hydrogen-bond acceptors (Lipinski definition) is 0. The Balaban J connectivity index is 3.68. The first-order valence-electron chi connectivity index (χ1n) is 1.01. The predicted molar refractivity (Wildman–Crippen MR) is 36.6 cm³/mol. The molecule has 0 rings (SSSR count). The molecule has 6 heavy (non-hydrogen) atoms. The Morgan fingerprint density at radius 1 is 1.00 bits per heavy atom. The Labute approximate surface area is 62.8 Å². The van der Waals surface area contributed by atoms with E-state index in [1.807, 2.05) is 0 Å². The Kier molecular flexibility index (Phi) is 4.01. The van der Waals surface area contributed by atoms with Crippen molar-refractivity contribution in [1.82, 2.24) is 0 Å². The second-order valence-corrected chi connectivity index (χ2v) is 3.78. The van der Waals surface area contributed by atoms with Gasteiger partial charge in [0.05, 0.1) is 0 Å². The van der Waals surface area contributed by atoms with E-state index >= 15 is 0 Å². The van der Waals surface area contributed by atoms with Gasteiger partial charge in [0.25, 0.3) is 0 Å². The third kappa shape index (κ3) is 3.47. The smallest absolute Gasteiger partial charge is 0.0739 e. The van der Waals surface area contributed by atoms with Gasteiger partial charge in [-0.2, -0.15) is 0 Å². The summed E-state index contributed by atoms with van der Waals surface area (Å²) in [6.45, 7) is 0. The highest BCUT2D eigenvalue weighted by molar-refractivity contribution is 9.15. The van der Waals surface area contributed by atoms with Crippen LogP contribution in [0.5, 0.6) is 0 Å². The second kappa shape index (κ2) is 3.30. The lowest BCUT2D eigenvalue weighted by Crippen LogP contribution is -1.45. The molecule has 0 aliphatic rings. The van der Waals surface area contributed by atoms with Crippen LogP contribution >= 0.6 is 55.1 Å². The number of halogens is 4. The van der Waals surface area contributed by atoms with Crippen molar-refractivity contribution in [3.8, 4) is 0 Å². The molecule has 0 saturated carbocycles. The minimum atomic E-state index is 0.393. The molecule has 0 N–H and O–H groups in total. The third-order valence-electron chi connectivity index (χ3n) is 0.143. The molecule has 4 heteroatoms. The van der Waals surface area contributed by atoms with Crippen molar-refractivity contribution in [2.75, 3.05) is 0 Å². The van der Waals surface area contributed by atoms with Gasteiger partial charge in [-0.05, 0) is 31.9 Å². The lowest BCUT2D eigenvalue weighted by Gasteiger charge is -1.77. The summed E-state index contributed by atoms with van der Waals surface area (Å²) in [7, 11) is 0. The summed E-state index contributed by atoms with van der Waals surface area (Å²) >= 11 is 16.3. The molecule has 0 amide bonds. The van der Waals surface area contributed by atoms with E-state index < -0.39 is 0 Å². The summed E-state index contributed by atoms with van der Waals surface area (Å²) in [5, 5.41) is 0. The molecule has 0 nitrogen and oxygen atoms in total. The van der Waals surface area contributed by atoms with E-state index in [0.29, 0.717) is 7.88 Å². The van der Waals surface area contributed by atoms with Crippen LogP contribution in [0.1, 0.15) is 0 Å². The first-order chi connectivity index (χ1) is 2.64. The molecule has 0 aromatic rings. The van der Waals surface area contributed by atoms with E-state index in [0.717, 1.165) is 0 Å². The van der Waals surface area contributed by atoms with Gasteiger partial charge in [-0.3, -0.25) is 0 Å². The van der Waals surface area contributed by atoms with Crippen LogP contribution in [0, 0.1) is 0 Å². The summed E-state index contributed by atoms with van der Waals surface area (Å²) in [4.78, 5) is 0. The highest BCUT2D eigenvalue weighted by Crippen LogP contribution is 2.23. The molecule has 0 saturated heterocycles. The fourth-order valence-electron chi connectivity index (χ4n) is 0. The standard InChI is InChI=1S/C2Br2Cl2/c3-1(5)2(4)6. The molecular formula is C2Br2Cl2. The summed E-state index contributed by atoms with van der Waals surface area (Å²) < 4.78 is 0.785. The van der Waals surface area contributed by atoms with Crippen LogP contribution in [-0.2, 0) is 0 Å². The monoisotopic (exact) mass is 252 g/mol. The minimum absolute atomic E-state index is 0.393. The van der Waals surface area contributed by atoms with Gasteiger partial charge < -0.3 is 0 Å². The molecular weight excluding hydrogens is 255 g/mol. The van der Waals surface area contributed by atoms with E-state index in [1.54, 1.807) is 0 Å². The van der Waals surface area contributed by atoms with Crippen molar-refractivity contribution in [1.29, 1.82) is 0 Å². The number of rotatable bonds is 0. The normalized spacial score (nSPS) is 14.0. The topological polar surface area (TPSA) is 0 Å². The van der Waals surface area contributed by atoms with Crippen LogP contribution in [0.15, 0.2) is 7.88 Å². The molecule has 0 aliphatic heterocycles. The highest BCUT2D eigenvalue weighted by Gasteiger charge is 1.86. The zero-order valence-corrected chi connectivity index (χ0v) is 7.20. The summed E-state index contributed by atoms with van der Waals surface area (Å²) in [5.41, 5.74) is 0. The zero-order valence-electron chi connectivity index (χ0n) is 2.51. The molecule has 0 radical (unpaired) electrons. The summed E-state index contributed by atoms with van der Waals surface area (Å²) in [5.74, 6) is 0. The summed E-state index contributed by atoms with van der Waals surface area (Å²) in [6, 6.07) is 0. The van der Waals surface area contributed by atoms with Crippen LogP contribution in [0.4, 0.5) is 0 Å². The lowest BCUT2D eigenvalue weighted by atomic mass is 11.2. The molecule has 0 spiro atoms. The van der Waals surface area contributed by atoms with Crippen molar-refractivity contribution < 1.29 is 0 Å². The average molecular weight is 255 g/mol. The van der Waals surface area contributed by atoms with Crippen molar-refractivity contribution in [3.05, 3.63) is 7.88 Å². The fourth-order valence-corrected chi connectivity index (χ4v) is 0. The average Bonchev–Trinajstić information content (AvgIpc) is 1.36. The van der Waals surface area contributed by atoms with E-state index in [-0.39, 0.29) is 0 Å². The van der Waals surface area contributed by atoms with Crippen molar-refractivity contribution in [2.24, 2.45) is 0 Å². The van der Waals surface area contributed by atoms with E-state index in [2.05, 4.69) is 31.9 Å². The highest BCUT2D eigenvalue weighted by atomic mass is 79.9. The van der Waals surface area contributed by atoms with E-state index in [1.165, 1.54) is 0 Å². The Morgan fingerprint density at radius 2 is 1.17 bits per heavy atom. The summed E-state index contributed by atoms with van der Waals surface area (Å²) in [6.07, 6.45) is 0. The van der Waals surface area contributed by atoms with Gasteiger partial charge in [0.1, 0.15) is 7.88 Å². The van der Waals surface area contributed by atoms with Gasteiger partial charge in [0.2, 0.25) is 0 Å². The molecule has 0 aromatic carbocycles. The molecule has 0 atom stereocenters. The fraction of sp³-hybridized carbons (Fsp3) is 0. The lowest BCUT2D eigenvalue weighted by molar-refractivity contribution is 2.37. The Morgan fingerprint density at radius 3 is 1.17 bits per heavy atom. The Bertz CT molecular complexity index is 59.6. The van der Waals surface area contributed by atoms with Crippen LogP contribution in [0.2, 0.25) is 0 Å². The molecule has 0 heterocycles.